The number of nitrogens with one attached hydrogen (secondary N) is 1. The number of aromatic carboxylic acids is 1. The number of anilines is 2. The van der Waals surface area contributed by atoms with Crippen LogP contribution in [-0.4, -0.2) is 16.1 Å². The summed E-state index contributed by atoms with van der Waals surface area (Å²) in [5.41, 5.74) is 2.58. The van der Waals surface area contributed by atoms with E-state index in [9.17, 15) is 9.18 Å². The Hall–Kier alpha value is -2.43. The second kappa shape index (κ2) is 5.06. The SMILES string of the molecule is Cc1cc(Nc2ccc(F)cc2C)c(C(=O)O)cn1. The molecule has 98 valence electrons. The highest BCUT2D eigenvalue weighted by Crippen LogP contribution is 2.24. The second-order valence-electron chi connectivity index (χ2n) is 4.26. The molecule has 0 unspecified atom stereocenters. The average Bonchev–Trinajstić information content (AvgIpc) is 2.32. The zero-order valence-corrected chi connectivity index (χ0v) is 10.6. The Morgan fingerprint density at radius 3 is 2.63 bits per heavy atom. The van der Waals surface area contributed by atoms with Gasteiger partial charge in [-0.3, -0.25) is 4.98 Å². The lowest BCUT2D eigenvalue weighted by molar-refractivity contribution is 0.0697. The average molecular weight is 260 g/mol. The normalized spacial score (nSPS) is 10.3. The molecule has 0 spiro atoms. The number of hydrogen-bond donors (Lipinski definition) is 2. The van der Waals surface area contributed by atoms with Crippen LogP contribution in [-0.2, 0) is 0 Å². The first-order valence-corrected chi connectivity index (χ1v) is 5.70. The van der Waals surface area contributed by atoms with Crippen LogP contribution in [0.2, 0.25) is 0 Å². The van der Waals surface area contributed by atoms with Gasteiger partial charge in [0, 0.05) is 17.6 Å². The van der Waals surface area contributed by atoms with E-state index in [2.05, 4.69) is 10.3 Å². The summed E-state index contributed by atoms with van der Waals surface area (Å²) in [6.45, 7) is 3.52. The first-order valence-electron chi connectivity index (χ1n) is 5.70. The molecule has 19 heavy (non-hydrogen) atoms. The van der Waals surface area contributed by atoms with Crippen molar-refractivity contribution in [2.75, 3.05) is 5.32 Å². The molecular formula is C14H13FN2O2. The minimum absolute atomic E-state index is 0.0781. The van der Waals surface area contributed by atoms with Crippen molar-refractivity contribution in [3.8, 4) is 0 Å². The van der Waals surface area contributed by atoms with E-state index < -0.39 is 5.97 Å². The zero-order valence-electron chi connectivity index (χ0n) is 10.6. The third-order valence-corrected chi connectivity index (χ3v) is 2.73. The van der Waals surface area contributed by atoms with E-state index in [-0.39, 0.29) is 11.4 Å². The fourth-order valence-electron chi connectivity index (χ4n) is 1.75. The van der Waals surface area contributed by atoms with E-state index in [1.165, 1.54) is 18.3 Å². The fourth-order valence-corrected chi connectivity index (χ4v) is 1.75. The number of nitrogens with zero attached hydrogens (tertiary/aromatic N) is 1. The number of carboxylic acid groups (broad SMARTS) is 1. The summed E-state index contributed by atoms with van der Waals surface area (Å²) in [4.78, 5) is 15.1. The van der Waals surface area contributed by atoms with Crippen molar-refractivity contribution in [2.24, 2.45) is 0 Å². The van der Waals surface area contributed by atoms with Crippen LogP contribution in [0.1, 0.15) is 21.6 Å². The lowest BCUT2D eigenvalue weighted by Gasteiger charge is -2.12. The quantitative estimate of drug-likeness (QED) is 0.889. The molecule has 0 aliphatic carbocycles. The van der Waals surface area contributed by atoms with E-state index in [0.717, 1.165) is 0 Å². The molecule has 5 heteroatoms. The van der Waals surface area contributed by atoms with Crippen molar-refractivity contribution >= 4 is 17.3 Å². The molecule has 4 nitrogen and oxygen atoms in total. The monoisotopic (exact) mass is 260 g/mol. The standard InChI is InChI=1S/C14H13FN2O2/c1-8-5-10(15)3-4-12(8)17-13-6-9(2)16-7-11(13)14(18)19/h3-7H,1-2H3,(H,16,17)(H,18,19). The van der Waals surface area contributed by atoms with Gasteiger partial charge in [-0.05, 0) is 43.7 Å². The summed E-state index contributed by atoms with van der Waals surface area (Å²) < 4.78 is 13.0. The highest BCUT2D eigenvalue weighted by atomic mass is 19.1. The van der Waals surface area contributed by atoms with Gasteiger partial charge in [0.05, 0.1) is 5.69 Å². The van der Waals surface area contributed by atoms with Gasteiger partial charge in [-0.2, -0.15) is 0 Å². The Morgan fingerprint density at radius 1 is 1.26 bits per heavy atom. The molecule has 2 rings (SSSR count). The van der Waals surface area contributed by atoms with Gasteiger partial charge < -0.3 is 10.4 Å². The number of carbonyl (C=O) groups is 1. The lowest BCUT2D eigenvalue weighted by atomic mass is 10.1. The second-order valence-corrected chi connectivity index (χ2v) is 4.26. The maximum absolute atomic E-state index is 13.0. The molecule has 1 heterocycles. The Bertz CT molecular complexity index is 641. The van der Waals surface area contributed by atoms with Crippen LogP contribution in [0.4, 0.5) is 15.8 Å². The van der Waals surface area contributed by atoms with Gasteiger partial charge in [0.25, 0.3) is 0 Å². The maximum atomic E-state index is 13.0. The molecule has 0 radical (unpaired) electrons. The van der Waals surface area contributed by atoms with E-state index >= 15 is 0 Å². The minimum atomic E-state index is -1.06. The molecular weight excluding hydrogens is 247 g/mol. The molecule has 0 saturated heterocycles. The van der Waals surface area contributed by atoms with E-state index in [4.69, 9.17) is 5.11 Å². The van der Waals surface area contributed by atoms with Crippen molar-refractivity contribution in [3.05, 3.63) is 53.1 Å². The van der Waals surface area contributed by atoms with Crippen molar-refractivity contribution in [1.82, 2.24) is 4.98 Å². The van der Waals surface area contributed by atoms with Gasteiger partial charge in [-0.15, -0.1) is 0 Å². The topological polar surface area (TPSA) is 62.2 Å². The van der Waals surface area contributed by atoms with Crippen LogP contribution >= 0.6 is 0 Å². The van der Waals surface area contributed by atoms with Gasteiger partial charge >= 0.3 is 5.97 Å². The summed E-state index contributed by atoms with van der Waals surface area (Å²) in [7, 11) is 0. The first kappa shape index (κ1) is 13.0. The number of aromatic nitrogens is 1. The van der Waals surface area contributed by atoms with Gasteiger partial charge in [-0.25, -0.2) is 9.18 Å². The van der Waals surface area contributed by atoms with E-state index in [1.54, 1.807) is 26.0 Å². The zero-order chi connectivity index (χ0) is 14.0. The molecule has 0 atom stereocenters. The Kier molecular flexibility index (Phi) is 3.46. The molecule has 0 amide bonds. The van der Waals surface area contributed by atoms with Crippen molar-refractivity contribution in [3.63, 3.8) is 0 Å². The number of halogens is 1. The van der Waals surface area contributed by atoms with Crippen LogP contribution in [0.5, 0.6) is 0 Å². The molecule has 0 aliphatic rings. The number of carboxylic acids is 1. The fraction of sp³-hybridized carbons (Fsp3) is 0.143. The van der Waals surface area contributed by atoms with Gasteiger partial charge in [0.2, 0.25) is 0 Å². The van der Waals surface area contributed by atoms with Crippen LogP contribution in [0.3, 0.4) is 0 Å². The number of benzene rings is 1. The smallest absolute Gasteiger partial charge is 0.339 e. The van der Waals surface area contributed by atoms with Gasteiger partial charge in [0.1, 0.15) is 11.4 Å². The lowest BCUT2D eigenvalue weighted by Crippen LogP contribution is -2.05. The van der Waals surface area contributed by atoms with Crippen molar-refractivity contribution in [1.29, 1.82) is 0 Å². The molecule has 1 aromatic carbocycles. The first-order chi connectivity index (χ1) is 8.97. The summed E-state index contributed by atoms with van der Waals surface area (Å²) in [6.07, 6.45) is 1.30. The minimum Gasteiger partial charge on any atom is -0.478 e. The molecule has 0 bridgehead atoms. The molecule has 1 aromatic heterocycles. The molecule has 0 fully saturated rings. The third kappa shape index (κ3) is 2.88. The summed E-state index contributed by atoms with van der Waals surface area (Å²) >= 11 is 0. The third-order valence-electron chi connectivity index (χ3n) is 2.73. The van der Waals surface area contributed by atoms with Crippen LogP contribution in [0.25, 0.3) is 0 Å². The van der Waals surface area contributed by atoms with Gasteiger partial charge in [-0.1, -0.05) is 0 Å². The van der Waals surface area contributed by atoms with Crippen LogP contribution in [0, 0.1) is 19.7 Å². The van der Waals surface area contributed by atoms with E-state index in [0.29, 0.717) is 22.6 Å². The van der Waals surface area contributed by atoms with Gasteiger partial charge in [0.15, 0.2) is 0 Å². The van der Waals surface area contributed by atoms with Crippen molar-refractivity contribution < 1.29 is 14.3 Å². The Morgan fingerprint density at radius 2 is 2.00 bits per heavy atom. The number of hydrogen-bond acceptors (Lipinski definition) is 3. The highest BCUT2D eigenvalue weighted by Gasteiger charge is 2.12. The summed E-state index contributed by atoms with van der Waals surface area (Å²) in [6, 6.07) is 5.93. The Balaban J connectivity index is 2.42. The predicted molar refractivity (Wildman–Crippen MR) is 70.4 cm³/mol. The number of aryl methyl sites for hydroxylation is 2. The number of pyridine rings is 1. The molecule has 0 saturated carbocycles. The van der Waals surface area contributed by atoms with Crippen molar-refractivity contribution in [2.45, 2.75) is 13.8 Å². The molecule has 2 N–H and O–H groups in total. The molecule has 2 aromatic rings. The Labute approximate surface area is 109 Å². The largest absolute Gasteiger partial charge is 0.478 e. The van der Waals surface area contributed by atoms with E-state index in [1.807, 2.05) is 0 Å². The predicted octanol–water partition coefficient (Wildman–Crippen LogP) is 3.28. The van der Waals surface area contributed by atoms with Crippen LogP contribution in [0.15, 0.2) is 30.5 Å². The molecule has 0 aliphatic heterocycles. The van der Waals surface area contributed by atoms with Crippen LogP contribution < -0.4 is 5.32 Å². The summed E-state index contributed by atoms with van der Waals surface area (Å²) in [5.74, 6) is -1.39. The maximum Gasteiger partial charge on any atom is 0.339 e. The summed E-state index contributed by atoms with van der Waals surface area (Å²) in [5, 5.41) is 12.1. The number of rotatable bonds is 3. The highest BCUT2D eigenvalue weighted by molar-refractivity contribution is 5.95.